The van der Waals surface area contributed by atoms with Gasteiger partial charge in [0.2, 0.25) is 5.91 Å². The van der Waals surface area contributed by atoms with Crippen molar-refractivity contribution in [1.29, 1.82) is 0 Å². The summed E-state index contributed by atoms with van der Waals surface area (Å²) in [6.07, 6.45) is 7.67. The van der Waals surface area contributed by atoms with Crippen LogP contribution in [0.25, 0.3) is 5.65 Å². The third-order valence-corrected chi connectivity index (χ3v) is 7.39. The highest BCUT2D eigenvalue weighted by Crippen LogP contribution is 2.37. The maximum Gasteiger partial charge on any atom is 0.249 e. The molecule has 1 aliphatic heterocycles. The molecule has 0 spiro atoms. The molecule has 1 amide bonds. The van der Waals surface area contributed by atoms with Crippen LogP contribution in [-0.2, 0) is 16.1 Å². The number of aromatic nitrogens is 4. The Hall–Kier alpha value is -2.52. The molecule has 0 N–H and O–H groups in total. The van der Waals surface area contributed by atoms with Crippen LogP contribution in [0.4, 0.5) is 0 Å². The number of rotatable bonds is 5. The summed E-state index contributed by atoms with van der Waals surface area (Å²) < 4.78 is 7.34. The number of ether oxygens (including phenoxy) is 1. The van der Waals surface area contributed by atoms with Gasteiger partial charge in [-0.05, 0) is 63.5 Å². The van der Waals surface area contributed by atoms with Crippen LogP contribution < -0.4 is 4.74 Å². The largest absolute Gasteiger partial charge is 0.493 e. The lowest BCUT2D eigenvalue weighted by atomic mass is 9.79. The number of hydrogen-bond donors (Lipinski definition) is 0. The first-order valence-corrected chi connectivity index (χ1v) is 12.2. The molecule has 4 heterocycles. The average molecular weight is 456 g/mol. The van der Waals surface area contributed by atoms with Crippen molar-refractivity contribution in [2.24, 2.45) is 11.8 Å². The molecule has 0 radical (unpaired) electrons. The zero-order valence-electron chi connectivity index (χ0n) is 18.8. The summed E-state index contributed by atoms with van der Waals surface area (Å²) in [5.41, 5.74) is 2.90. The van der Waals surface area contributed by atoms with E-state index in [1.54, 1.807) is 23.5 Å². The Balaban J connectivity index is 1.22. The molecule has 0 bridgehead atoms. The van der Waals surface area contributed by atoms with E-state index < -0.39 is 0 Å². The van der Waals surface area contributed by atoms with Gasteiger partial charge in [-0.25, -0.2) is 19.5 Å². The first kappa shape index (κ1) is 21.3. The van der Waals surface area contributed by atoms with E-state index >= 15 is 0 Å². The average Bonchev–Trinajstić information content (AvgIpc) is 3.52. The number of carbonyl (C=O) groups excluding carboxylic acids is 1. The van der Waals surface area contributed by atoms with E-state index in [4.69, 9.17) is 9.57 Å². The standard InChI is InChI=1S/C23H29N5O3S/c1-14-24-22-21(30-3)11-17(12-27(22)26-14)10-16-4-6-18(7-5-16)23(29)28-20(8-9-31-28)19-13-32-15(2)25-19/h11-13,16,18,20H,4-10H2,1-3H3/t16-,18-,20-/m0/s1. The number of methoxy groups -OCH3 is 1. The van der Waals surface area contributed by atoms with Gasteiger partial charge in [-0.3, -0.25) is 9.63 Å². The zero-order valence-corrected chi connectivity index (χ0v) is 19.6. The van der Waals surface area contributed by atoms with Gasteiger partial charge in [-0.1, -0.05) is 0 Å². The van der Waals surface area contributed by atoms with Crippen LogP contribution in [0.2, 0.25) is 0 Å². The van der Waals surface area contributed by atoms with E-state index in [0.29, 0.717) is 12.5 Å². The summed E-state index contributed by atoms with van der Waals surface area (Å²) in [7, 11) is 1.67. The van der Waals surface area contributed by atoms with Crippen molar-refractivity contribution >= 4 is 22.9 Å². The van der Waals surface area contributed by atoms with Crippen molar-refractivity contribution in [3.8, 4) is 5.75 Å². The van der Waals surface area contributed by atoms with Crippen LogP contribution in [0, 0.1) is 25.7 Å². The number of fused-ring (bicyclic) bond motifs is 1. The van der Waals surface area contributed by atoms with Gasteiger partial charge in [0.1, 0.15) is 11.9 Å². The van der Waals surface area contributed by atoms with Crippen LogP contribution in [0.5, 0.6) is 5.75 Å². The van der Waals surface area contributed by atoms with Crippen molar-refractivity contribution in [2.75, 3.05) is 13.7 Å². The lowest BCUT2D eigenvalue weighted by Gasteiger charge is -2.31. The van der Waals surface area contributed by atoms with Crippen molar-refractivity contribution in [3.63, 3.8) is 0 Å². The summed E-state index contributed by atoms with van der Waals surface area (Å²) in [4.78, 5) is 28.0. The van der Waals surface area contributed by atoms with Crippen molar-refractivity contribution in [3.05, 3.63) is 39.7 Å². The Labute approximate surface area is 191 Å². The maximum atomic E-state index is 13.2. The Morgan fingerprint density at radius 2 is 2.03 bits per heavy atom. The minimum Gasteiger partial charge on any atom is -0.493 e. The van der Waals surface area contributed by atoms with Crippen LogP contribution in [0.15, 0.2) is 17.6 Å². The molecule has 1 atom stereocenters. The number of thiazole rings is 1. The number of nitrogens with zero attached hydrogens (tertiary/aromatic N) is 5. The van der Waals surface area contributed by atoms with E-state index in [9.17, 15) is 4.79 Å². The van der Waals surface area contributed by atoms with E-state index in [1.807, 2.05) is 29.9 Å². The Morgan fingerprint density at radius 3 is 2.75 bits per heavy atom. The molecule has 8 nitrogen and oxygen atoms in total. The van der Waals surface area contributed by atoms with Crippen molar-refractivity contribution in [2.45, 2.75) is 58.4 Å². The number of pyridine rings is 1. The number of carbonyl (C=O) groups is 1. The first-order valence-electron chi connectivity index (χ1n) is 11.3. The molecular weight excluding hydrogens is 426 g/mol. The van der Waals surface area contributed by atoms with E-state index in [1.165, 1.54) is 5.56 Å². The van der Waals surface area contributed by atoms with Gasteiger partial charge >= 0.3 is 0 Å². The second kappa shape index (κ2) is 8.78. The second-order valence-corrected chi connectivity index (χ2v) is 9.92. The Kier molecular flexibility index (Phi) is 5.86. The molecule has 2 aliphatic rings. The Morgan fingerprint density at radius 1 is 1.22 bits per heavy atom. The van der Waals surface area contributed by atoms with Gasteiger partial charge in [0.15, 0.2) is 11.4 Å². The lowest BCUT2D eigenvalue weighted by Crippen LogP contribution is -2.37. The third-order valence-electron chi connectivity index (χ3n) is 6.60. The van der Waals surface area contributed by atoms with Crippen LogP contribution in [-0.4, -0.2) is 44.3 Å². The van der Waals surface area contributed by atoms with Crippen LogP contribution >= 0.6 is 11.3 Å². The second-order valence-electron chi connectivity index (χ2n) is 8.86. The number of aryl methyl sites for hydroxylation is 2. The van der Waals surface area contributed by atoms with Gasteiger partial charge in [0.05, 0.1) is 24.4 Å². The molecule has 170 valence electrons. The molecule has 9 heteroatoms. The highest BCUT2D eigenvalue weighted by Gasteiger charge is 2.38. The molecule has 1 saturated carbocycles. The molecule has 5 rings (SSSR count). The lowest BCUT2D eigenvalue weighted by molar-refractivity contribution is -0.183. The molecule has 3 aromatic rings. The number of hydrogen-bond acceptors (Lipinski definition) is 7. The molecular formula is C23H29N5O3S. The minimum absolute atomic E-state index is 0.0292. The summed E-state index contributed by atoms with van der Waals surface area (Å²) in [5, 5.41) is 9.13. The zero-order chi connectivity index (χ0) is 22.2. The van der Waals surface area contributed by atoms with Crippen LogP contribution in [0.1, 0.15) is 60.2 Å². The van der Waals surface area contributed by atoms with Crippen molar-refractivity contribution < 1.29 is 14.4 Å². The predicted molar refractivity (Wildman–Crippen MR) is 120 cm³/mol. The number of amides is 1. The van der Waals surface area contributed by atoms with Gasteiger partial charge in [0, 0.05) is 23.9 Å². The van der Waals surface area contributed by atoms with E-state index in [0.717, 1.165) is 66.4 Å². The Bertz CT molecular complexity index is 1120. The fraction of sp³-hybridized carbons (Fsp3) is 0.565. The molecule has 0 aromatic carbocycles. The summed E-state index contributed by atoms with van der Waals surface area (Å²) >= 11 is 1.62. The van der Waals surface area contributed by atoms with E-state index in [-0.39, 0.29) is 17.9 Å². The SMILES string of the molecule is COc1cc(C[C@H]2CC[C@H](C(=O)N3OCC[C@H]3c3csc(C)n3)CC2)cn2nc(C)nc12. The van der Waals surface area contributed by atoms with Crippen LogP contribution in [0.3, 0.4) is 0 Å². The van der Waals surface area contributed by atoms with Gasteiger partial charge in [-0.15, -0.1) is 11.3 Å². The highest BCUT2D eigenvalue weighted by atomic mass is 32.1. The summed E-state index contributed by atoms with van der Waals surface area (Å²) in [5.74, 6) is 2.18. The fourth-order valence-electron chi connectivity index (χ4n) is 4.99. The maximum absolute atomic E-state index is 13.2. The van der Waals surface area contributed by atoms with Gasteiger partial charge in [0.25, 0.3) is 0 Å². The number of hydroxylamine groups is 2. The first-order chi connectivity index (χ1) is 15.5. The topological polar surface area (TPSA) is 81.8 Å². The highest BCUT2D eigenvalue weighted by molar-refractivity contribution is 7.09. The summed E-state index contributed by atoms with van der Waals surface area (Å²) in [6.45, 7) is 4.46. The minimum atomic E-state index is -0.0458. The van der Waals surface area contributed by atoms with Gasteiger partial charge < -0.3 is 4.74 Å². The van der Waals surface area contributed by atoms with Crippen molar-refractivity contribution in [1.82, 2.24) is 24.6 Å². The van der Waals surface area contributed by atoms with E-state index in [2.05, 4.69) is 21.1 Å². The predicted octanol–water partition coefficient (Wildman–Crippen LogP) is 4.07. The third kappa shape index (κ3) is 4.11. The molecule has 0 unspecified atom stereocenters. The normalized spacial score (nSPS) is 23.7. The monoisotopic (exact) mass is 455 g/mol. The quantitative estimate of drug-likeness (QED) is 0.577. The smallest absolute Gasteiger partial charge is 0.249 e. The molecule has 32 heavy (non-hydrogen) atoms. The molecule has 1 saturated heterocycles. The molecule has 2 fully saturated rings. The fourth-order valence-corrected chi connectivity index (χ4v) is 5.65. The summed E-state index contributed by atoms with van der Waals surface area (Å²) in [6, 6.07) is 2.02. The molecule has 1 aliphatic carbocycles. The van der Waals surface area contributed by atoms with Gasteiger partial charge in [-0.2, -0.15) is 5.10 Å². The molecule has 3 aromatic heterocycles.